The fourth-order valence-corrected chi connectivity index (χ4v) is 2.49. The minimum Gasteiger partial charge on any atom is -0.322 e. The van der Waals surface area contributed by atoms with Crippen LogP contribution in [-0.4, -0.2) is 25.8 Å². The van der Waals surface area contributed by atoms with Crippen LogP contribution in [0.3, 0.4) is 0 Å². The minimum absolute atomic E-state index is 0.301. The van der Waals surface area contributed by atoms with Crippen molar-refractivity contribution in [3.05, 3.63) is 62.9 Å². The highest BCUT2D eigenvalue weighted by Gasteiger charge is 2.09. The number of imidazole rings is 2. The van der Waals surface area contributed by atoms with Gasteiger partial charge in [-0.25, -0.2) is 9.59 Å². The largest absolute Gasteiger partial charge is 0.323 e. The first-order valence-electron chi connectivity index (χ1n) is 6.84. The van der Waals surface area contributed by atoms with Crippen LogP contribution in [0, 0.1) is 0 Å². The van der Waals surface area contributed by atoms with Crippen molar-refractivity contribution >= 4 is 33.7 Å². The van der Waals surface area contributed by atoms with Crippen molar-refractivity contribution in [2.24, 2.45) is 0 Å². The monoisotopic (exact) mass is 309 g/mol. The lowest BCUT2D eigenvalue weighted by Gasteiger charge is -2.05. The summed E-state index contributed by atoms with van der Waals surface area (Å²) in [6.45, 7) is 0. The summed E-state index contributed by atoms with van der Waals surface area (Å²) in [4.78, 5) is 45.3. The second-order valence-electron chi connectivity index (χ2n) is 5.13. The van der Waals surface area contributed by atoms with Crippen molar-refractivity contribution < 1.29 is 4.79 Å². The van der Waals surface area contributed by atoms with E-state index in [4.69, 9.17) is 0 Å². The topological polar surface area (TPSA) is 126 Å². The van der Waals surface area contributed by atoms with Crippen LogP contribution in [-0.2, 0) is 0 Å². The summed E-state index contributed by atoms with van der Waals surface area (Å²) in [5.74, 6) is -0.314. The number of benzene rings is 2. The van der Waals surface area contributed by atoms with Crippen LogP contribution < -0.4 is 16.7 Å². The van der Waals surface area contributed by atoms with Gasteiger partial charge in [0.2, 0.25) is 0 Å². The quantitative estimate of drug-likeness (QED) is 0.383. The summed E-state index contributed by atoms with van der Waals surface area (Å²) in [6, 6.07) is 9.95. The van der Waals surface area contributed by atoms with Gasteiger partial charge in [-0.2, -0.15) is 0 Å². The summed E-state index contributed by atoms with van der Waals surface area (Å²) >= 11 is 0. The maximum Gasteiger partial charge on any atom is 0.323 e. The maximum absolute atomic E-state index is 12.3. The number of carbonyl (C=O) groups excluding carboxylic acids is 1. The minimum atomic E-state index is -0.320. The highest BCUT2D eigenvalue weighted by Crippen LogP contribution is 2.16. The van der Waals surface area contributed by atoms with Crippen LogP contribution in [0.4, 0.5) is 5.69 Å². The third kappa shape index (κ3) is 2.31. The van der Waals surface area contributed by atoms with E-state index >= 15 is 0 Å². The van der Waals surface area contributed by atoms with Crippen LogP contribution in [0.1, 0.15) is 10.4 Å². The zero-order chi connectivity index (χ0) is 16.0. The Labute approximate surface area is 127 Å². The van der Waals surface area contributed by atoms with Crippen LogP contribution in [0.25, 0.3) is 22.1 Å². The molecule has 0 aliphatic rings. The molecule has 0 aliphatic carbocycles. The molecule has 0 atom stereocenters. The van der Waals surface area contributed by atoms with E-state index in [1.54, 1.807) is 36.4 Å². The van der Waals surface area contributed by atoms with Gasteiger partial charge < -0.3 is 25.3 Å². The lowest BCUT2D eigenvalue weighted by atomic mass is 10.2. The second-order valence-corrected chi connectivity index (χ2v) is 5.13. The number of hydrogen-bond donors (Lipinski definition) is 5. The van der Waals surface area contributed by atoms with Gasteiger partial charge in [0.05, 0.1) is 22.1 Å². The van der Waals surface area contributed by atoms with Crippen molar-refractivity contribution in [1.82, 2.24) is 19.9 Å². The van der Waals surface area contributed by atoms with Gasteiger partial charge in [-0.05, 0) is 36.4 Å². The fourth-order valence-electron chi connectivity index (χ4n) is 2.49. The van der Waals surface area contributed by atoms with E-state index in [0.29, 0.717) is 33.3 Å². The zero-order valence-electron chi connectivity index (χ0n) is 11.7. The number of H-pyrrole nitrogens is 4. The Morgan fingerprint density at radius 1 is 0.739 bits per heavy atom. The van der Waals surface area contributed by atoms with Gasteiger partial charge in [-0.1, -0.05) is 0 Å². The molecule has 8 heteroatoms. The Kier molecular flexibility index (Phi) is 2.70. The number of hydrogen-bond acceptors (Lipinski definition) is 3. The summed E-state index contributed by atoms with van der Waals surface area (Å²) in [5.41, 5.74) is 2.82. The molecule has 114 valence electrons. The van der Waals surface area contributed by atoms with Gasteiger partial charge >= 0.3 is 11.4 Å². The number of nitrogens with one attached hydrogen (secondary N) is 5. The number of rotatable bonds is 2. The molecule has 0 bridgehead atoms. The van der Waals surface area contributed by atoms with Gasteiger partial charge in [0.1, 0.15) is 0 Å². The molecule has 23 heavy (non-hydrogen) atoms. The number of carbonyl (C=O) groups is 1. The molecule has 0 aliphatic heterocycles. The molecule has 5 N–H and O–H groups in total. The normalized spacial score (nSPS) is 11.1. The highest BCUT2D eigenvalue weighted by molar-refractivity contribution is 6.06. The van der Waals surface area contributed by atoms with E-state index in [-0.39, 0.29) is 17.3 Å². The molecular formula is C15H11N5O3. The SMILES string of the molecule is O=C(Nc1ccc2[nH]c(=O)[nH]c2c1)c1ccc2[nH]c(=O)[nH]c2c1. The van der Waals surface area contributed by atoms with Gasteiger partial charge in [0.15, 0.2) is 0 Å². The summed E-state index contributed by atoms with van der Waals surface area (Å²) in [5, 5.41) is 2.75. The first-order chi connectivity index (χ1) is 11.1. The highest BCUT2D eigenvalue weighted by atomic mass is 16.2. The van der Waals surface area contributed by atoms with Crippen LogP contribution in [0.15, 0.2) is 46.0 Å². The Balaban J connectivity index is 1.66. The van der Waals surface area contributed by atoms with Gasteiger partial charge in [-0.3, -0.25) is 4.79 Å². The average molecular weight is 309 g/mol. The summed E-state index contributed by atoms with van der Waals surface area (Å²) in [6.07, 6.45) is 0. The molecule has 2 heterocycles. The second kappa shape index (κ2) is 4.73. The molecule has 4 rings (SSSR count). The maximum atomic E-state index is 12.3. The Bertz CT molecular complexity index is 1160. The standard InChI is InChI=1S/C15H11N5O3/c21-13(7-1-3-9-11(5-7)19-14(22)17-9)16-8-2-4-10-12(6-8)20-15(23)18-10/h1-6H,(H,16,21)(H2,17,19,22)(H2,18,20,23). The van der Waals surface area contributed by atoms with Crippen molar-refractivity contribution in [3.63, 3.8) is 0 Å². The zero-order valence-corrected chi connectivity index (χ0v) is 11.7. The Morgan fingerprint density at radius 3 is 2.00 bits per heavy atom. The van der Waals surface area contributed by atoms with Gasteiger partial charge in [0.25, 0.3) is 5.91 Å². The van der Waals surface area contributed by atoms with Crippen molar-refractivity contribution in [2.45, 2.75) is 0 Å². The van der Waals surface area contributed by atoms with E-state index in [2.05, 4.69) is 25.3 Å². The number of amides is 1. The van der Waals surface area contributed by atoms with Gasteiger partial charge in [0, 0.05) is 11.3 Å². The lowest BCUT2D eigenvalue weighted by molar-refractivity contribution is 0.102. The molecule has 1 amide bonds. The molecule has 0 spiro atoms. The van der Waals surface area contributed by atoms with E-state index in [0.717, 1.165) is 0 Å². The van der Waals surface area contributed by atoms with E-state index in [1.807, 2.05) is 0 Å². The Hall–Kier alpha value is -3.55. The van der Waals surface area contributed by atoms with E-state index < -0.39 is 0 Å². The van der Waals surface area contributed by atoms with Crippen molar-refractivity contribution in [2.75, 3.05) is 5.32 Å². The lowest BCUT2D eigenvalue weighted by Crippen LogP contribution is -2.11. The number of aromatic amines is 4. The van der Waals surface area contributed by atoms with Crippen LogP contribution in [0.2, 0.25) is 0 Å². The van der Waals surface area contributed by atoms with Crippen molar-refractivity contribution in [3.8, 4) is 0 Å². The fraction of sp³-hybridized carbons (Fsp3) is 0. The number of aromatic nitrogens is 4. The molecule has 0 unspecified atom stereocenters. The molecule has 2 aromatic carbocycles. The van der Waals surface area contributed by atoms with Crippen LogP contribution in [0.5, 0.6) is 0 Å². The Morgan fingerprint density at radius 2 is 1.30 bits per heavy atom. The average Bonchev–Trinajstić information content (AvgIpc) is 3.06. The molecule has 0 saturated heterocycles. The molecule has 0 fully saturated rings. The third-order valence-electron chi connectivity index (χ3n) is 3.55. The van der Waals surface area contributed by atoms with Crippen LogP contribution >= 0.6 is 0 Å². The smallest absolute Gasteiger partial charge is 0.322 e. The summed E-state index contributed by atoms with van der Waals surface area (Å²) < 4.78 is 0. The first-order valence-corrected chi connectivity index (χ1v) is 6.84. The number of anilines is 1. The van der Waals surface area contributed by atoms with E-state index in [9.17, 15) is 14.4 Å². The molecule has 4 aromatic rings. The molecule has 2 aromatic heterocycles. The predicted octanol–water partition coefficient (Wildman–Crippen LogP) is 1.28. The predicted molar refractivity (Wildman–Crippen MR) is 85.8 cm³/mol. The molecule has 0 radical (unpaired) electrons. The molecular weight excluding hydrogens is 298 g/mol. The van der Waals surface area contributed by atoms with Gasteiger partial charge in [-0.15, -0.1) is 0 Å². The van der Waals surface area contributed by atoms with E-state index in [1.165, 1.54) is 0 Å². The third-order valence-corrected chi connectivity index (χ3v) is 3.55. The number of fused-ring (bicyclic) bond motifs is 2. The summed E-state index contributed by atoms with van der Waals surface area (Å²) in [7, 11) is 0. The molecule has 0 saturated carbocycles. The van der Waals surface area contributed by atoms with Crippen molar-refractivity contribution in [1.29, 1.82) is 0 Å². The first kappa shape index (κ1) is 13.1. The molecule has 8 nitrogen and oxygen atoms in total.